The van der Waals surface area contributed by atoms with Crippen molar-refractivity contribution in [2.75, 3.05) is 0 Å². The van der Waals surface area contributed by atoms with Crippen LogP contribution in [0.5, 0.6) is 0 Å². The van der Waals surface area contributed by atoms with Crippen molar-refractivity contribution >= 4 is 15.2 Å². The average Bonchev–Trinajstić information content (AvgIpc) is 1.84. The molecule has 12 heteroatoms. The Morgan fingerprint density at radius 1 is 1.14 bits per heavy atom. The maximum atomic E-state index is 10.3. The maximum Gasteiger partial charge on any atom is 1.00 e. The zero-order chi connectivity index (χ0) is 9.28. The van der Waals surface area contributed by atoms with Gasteiger partial charge in [0.2, 0.25) is 0 Å². The minimum Gasteiger partial charge on any atom is -0.810 e. The van der Waals surface area contributed by atoms with Gasteiger partial charge in [-0.05, 0) is 6.92 Å². The Labute approximate surface area is 147 Å². The molecule has 0 aliphatic rings. The maximum absolute atomic E-state index is 10.3. The summed E-state index contributed by atoms with van der Waals surface area (Å²) in [7, 11) is -10.2. The molecule has 0 aliphatic heterocycles. The minimum atomic E-state index is -5.26. The molecule has 2 unspecified atom stereocenters. The first-order chi connectivity index (χ1) is 4.72. The summed E-state index contributed by atoms with van der Waals surface area (Å²) in [6.07, 6.45) is 0. The van der Waals surface area contributed by atoms with E-state index >= 15 is 0 Å². The van der Waals surface area contributed by atoms with Crippen LogP contribution in [0.1, 0.15) is 6.92 Å². The van der Waals surface area contributed by atoms with Crippen molar-refractivity contribution in [3.8, 4) is 0 Å². The monoisotopic (exact) mass is 272 g/mol. The molecule has 0 amide bonds. The Morgan fingerprint density at radius 2 is 1.43 bits per heavy atom. The molecular weight excluding hydrogens is 267 g/mol. The molecule has 0 aromatic carbocycles. The zero-order valence-corrected chi connectivity index (χ0v) is 16.2. The molecule has 0 rings (SSSR count). The third-order valence-corrected chi connectivity index (χ3v) is 4.78. The Hall–Kier alpha value is 3.26. The van der Waals surface area contributed by atoms with Gasteiger partial charge in [0.1, 0.15) is 0 Å². The van der Waals surface area contributed by atoms with Crippen LogP contribution in [0.2, 0.25) is 0 Å². The van der Waals surface area contributed by atoms with Crippen LogP contribution >= 0.6 is 15.2 Å². The Bertz CT molecular complexity index is 227. The fraction of sp³-hybridized carbons (Fsp3) is 1.00. The first-order valence-corrected chi connectivity index (χ1v) is 5.60. The number of rotatable bonds is 3. The second kappa shape index (κ2) is 10.2. The SMILES string of the molecule is CC(P(=O)([O-])[O-])P(=O)([O-])OO.[Na+].[Na+].[Na+]. The number of hydrogen-bond donors (Lipinski definition) is 1. The Kier molecular flexibility index (Phi) is 18.9. The van der Waals surface area contributed by atoms with Crippen LogP contribution in [0.25, 0.3) is 0 Å². The molecule has 0 heterocycles. The largest absolute Gasteiger partial charge is 1.00 e. The second-order valence-electron chi connectivity index (χ2n) is 1.79. The Morgan fingerprint density at radius 3 is 1.50 bits per heavy atom. The summed E-state index contributed by atoms with van der Waals surface area (Å²) in [5.74, 6) is 0. The molecule has 0 saturated heterocycles. The van der Waals surface area contributed by atoms with E-state index in [1.54, 1.807) is 0 Å². The summed E-state index contributed by atoms with van der Waals surface area (Å²) in [4.78, 5) is 30.4. The van der Waals surface area contributed by atoms with Gasteiger partial charge < -0.3 is 23.8 Å². The van der Waals surface area contributed by atoms with Crippen LogP contribution in [0.4, 0.5) is 0 Å². The fourth-order valence-corrected chi connectivity index (χ4v) is 1.89. The summed E-state index contributed by atoms with van der Waals surface area (Å²) in [6, 6.07) is 0. The van der Waals surface area contributed by atoms with Gasteiger partial charge in [-0.3, -0.25) is 0 Å². The smallest absolute Gasteiger partial charge is 0.810 e. The van der Waals surface area contributed by atoms with Gasteiger partial charge in [0.25, 0.3) is 0 Å². The summed E-state index contributed by atoms with van der Waals surface area (Å²) in [5.41, 5.74) is 0. The van der Waals surface area contributed by atoms with Crippen molar-refractivity contribution in [1.82, 2.24) is 0 Å². The van der Waals surface area contributed by atoms with Crippen LogP contribution in [-0.4, -0.2) is 10.7 Å². The first kappa shape index (κ1) is 26.0. The molecule has 1 N–H and O–H groups in total. The zero-order valence-electron chi connectivity index (χ0n) is 8.37. The molecule has 14 heavy (non-hydrogen) atoms. The van der Waals surface area contributed by atoms with E-state index in [2.05, 4.69) is 4.67 Å². The third kappa shape index (κ3) is 9.31. The van der Waals surface area contributed by atoms with Gasteiger partial charge in [-0.15, -0.1) is 0 Å². The van der Waals surface area contributed by atoms with E-state index in [1.807, 2.05) is 0 Å². The predicted octanol–water partition coefficient (Wildman–Crippen LogP) is -10.7. The van der Waals surface area contributed by atoms with Gasteiger partial charge >= 0.3 is 88.7 Å². The summed E-state index contributed by atoms with van der Waals surface area (Å²) in [5, 5.41) is 5.40. The molecule has 0 aliphatic carbocycles. The van der Waals surface area contributed by atoms with E-state index in [4.69, 9.17) is 5.26 Å². The molecule has 0 radical (unpaired) electrons. The molecule has 0 bridgehead atoms. The van der Waals surface area contributed by atoms with E-state index in [0.717, 1.165) is 0 Å². The average molecular weight is 272 g/mol. The van der Waals surface area contributed by atoms with Crippen molar-refractivity contribution in [3.63, 3.8) is 0 Å². The molecule has 0 aromatic rings. The summed E-state index contributed by atoms with van der Waals surface area (Å²) < 4.78 is 23.2. The van der Waals surface area contributed by atoms with E-state index in [0.29, 0.717) is 6.92 Å². The Balaban J connectivity index is -0.000000167. The molecular formula is C2H5Na3O7P2. The van der Waals surface area contributed by atoms with E-state index in [9.17, 15) is 23.8 Å². The van der Waals surface area contributed by atoms with Crippen LogP contribution in [0.3, 0.4) is 0 Å². The molecule has 0 spiro atoms. The van der Waals surface area contributed by atoms with Crippen LogP contribution < -0.4 is 103 Å². The van der Waals surface area contributed by atoms with Crippen molar-refractivity contribution in [2.45, 2.75) is 12.3 Å². The van der Waals surface area contributed by atoms with Crippen molar-refractivity contribution in [3.05, 3.63) is 0 Å². The molecule has 68 valence electrons. The van der Waals surface area contributed by atoms with Crippen LogP contribution in [0.15, 0.2) is 0 Å². The molecule has 0 fully saturated rings. The van der Waals surface area contributed by atoms with E-state index in [1.165, 1.54) is 0 Å². The standard InChI is InChI=1S/C2H8O7P2.3Na/c1-2(10(4,5)6)11(7,8)9-3;;;/h2-3H,1H3,(H,7,8)(H2,4,5,6);;;/q;3*+1/p-3. The van der Waals surface area contributed by atoms with Crippen LogP contribution in [0, 0.1) is 0 Å². The quantitative estimate of drug-likeness (QED) is 0.233. The second-order valence-corrected chi connectivity index (χ2v) is 6.07. The van der Waals surface area contributed by atoms with Crippen molar-refractivity contribution in [1.29, 1.82) is 0 Å². The molecule has 0 saturated carbocycles. The minimum absolute atomic E-state index is 0. The van der Waals surface area contributed by atoms with Gasteiger partial charge in [0.05, 0.1) is 5.40 Å². The van der Waals surface area contributed by atoms with Gasteiger partial charge in [-0.2, -0.15) is 4.67 Å². The normalized spacial score (nSPS) is 16.4. The topological polar surface area (TPSA) is 133 Å². The summed E-state index contributed by atoms with van der Waals surface area (Å²) >= 11 is 0. The van der Waals surface area contributed by atoms with Gasteiger partial charge in [-0.1, -0.05) is 7.60 Å². The van der Waals surface area contributed by atoms with Crippen molar-refractivity contribution < 1.29 is 122 Å². The van der Waals surface area contributed by atoms with Crippen molar-refractivity contribution in [2.24, 2.45) is 0 Å². The van der Waals surface area contributed by atoms with E-state index < -0.39 is 20.6 Å². The molecule has 0 aromatic heterocycles. The fourth-order valence-electron chi connectivity index (χ4n) is 0.241. The molecule has 2 atom stereocenters. The third-order valence-electron chi connectivity index (χ3n) is 1.03. The molecule has 7 nitrogen and oxygen atoms in total. The predicted molar refractivity (Wildman–Crippen MR) is 28.4 cm³/mol. The van der Waals surface area contributed by atoms with Gasteiger partial charge in [0, 0.05) is 0 Å². The van der Waals surface area contributed by atoms with Gasteiger partial charge in [0.15, 0.2) is 7.60 Å². The van der Waals surface area contributed by atoms with Crippen LogP contribution in [-0.2, 0) is 13.8 Å². The first-order valence-electron chi connectivity index (χ1n) is 2.37. The van der Waals surface area contributed by atoms with E-state index in [-0.39, 0.29) is 88.7 Å². The van der Waals surface area contributed by atoms with Gasteiger partial charge in [-0.25, -0.2) is 5.26 Å². The number of hydrogen-bond acceptors (Lipinski definition) is 7. The summed E-state index contributed by atoms with van der Waals surface area (Å²) in [6.45, 7) is 0.616.